The number of halogens is 1. The van der Waals surface area contributed by atoms with E-state index in [-0.39, 0.29) is 18.4 Å². The number of nitrogens with one attached hydrogen (secondary N) is 1. The van der Waals surface area contributed by atoms with E-state index in [0.29, 0.717) is 13.2 Å². The number of rotatable bonds is 1. The summed E-state index contributed by atoms with van der Waals surface area (Å²) in [6, 6.07) is 6.35. The van der Waals surface area contributed by atoms with Gasteiger partial charge in [-0.15, -0.1) is 12.4 Å². The first-order valence-corrected chi connectivity index (χ1v) is 5.64. The lowest BCUT2D eigenvalue weighted by molar-refractivity contribution is 0.0766. The molecule has 1 N–H and O–H groups in total. The van der Waals surface area contributed by atoms with Crippen LogP contribution in [0.15, 0.2) is 18.2 Å². The third-order valence-electron chi connectivity index (χ3n) is 2.89. The molecule has 0 radical (unpaired) electrons. The van der Waals surface area contributed by atoms with E-state index in [4.69, 9.17) is 14.2 Å². The van der Waals surface area contributed by atoms with Crippen molar-refractivity contribution in [3.05, 3.63) is 23.8 Å². The van der Waals surface area contributed by atoms with E-state index in [1.807, 2.05) is 12.1 Å². The topological polar surface area (TPSA) is 39.7 Å². The lowest BCUT2D eigenvalue weighted by Gasteiger charge is -2.26. The molecule has 1 saturated heterocycles. The molecule has 0 amide bonds. The summed E-state index contributed by atoms with van der Waals surface area (Å²) in [4.78, 5) is 0. The van der Waals surface area contributed by atoms with Crippen molar-refractivity contribution in [1.29, 1.82) is 0 Å². The molecule has 1 aromatic carbocycles. The van der Waals surface area contributed by atoms with Crippen molar-refractivity contribution in [3.63, 3.8) is 0 Å². The van der Waals surface area contributed by atoms with Gasteiger partial charge in [-0.1, -0.05) is 6.07 Å². The molecule has 1 atom stereocenters. The molecular weight excluding hydrogens is 242 g/mol. The summed E-state index contributed by atoms with van der Waals surface area (Å²) in [5, 5.41) is 3.42. The number of hydrogen-bond donors (Lipinski definition) is 1. The van der Waals surface area contributed by atoms with Gasteiger partial charge in [0.1, 0.15) is 13.2 Å². The van der Waals surface area contributed by atoms with Crippen LogP contribution >= 0.6 is 12.4 Å². The van der Waals surface area contributed by atoms with Gasteiger partial charge in [-0.2, -0.15) is 0 Å². The monoisotopic (exact) mass is 257 g/mol. The van der Waals surface area contributed by atoms with Gasteiger partial charge in [-0.05, 0) is 17.7 Å². The molecule has 17 heavy (non-hydrogen) atoms. The predicted octanol–water partition coefficient (Wildman–Crippen LogP) is 1.54. The Bertz CT molecular complexity index is 380. The highest BCUT2D eigenvalue weighted by atomic mass is 35.5. The van der Waals surface area contributed by atoms with Gasteiger partial charge in [-0.25, -0.2) is 0 Å². The number of ether oxygens (including phenoxy) is 3. The summed E-state index contributed by atoms with van der Waals surface area (Å²) in [6.07, 6.45) is 0. The second-order valence-electron chi connectivity index (χ2n) is 3.98. The van der Waals surface area contributed by atoms with Crippen molar-refractivity contribution in [2.75, 3.05) is 33.0 Å². The molecule has 5 heteroatoms. The summed E-state index contributed by atoms with van der Waals surface area (Å²) in [5.74, 6) is 1.68. The van der Waals surface area contributed by atoms with E-state index in [0.717, 1.165) is 31.3 Å². The fraction of sp³-hybridized carbons (Fsp3) is 0.500. The first-order valence-electron chi connectivity index (χ1n) is 5.64. The minimum atomic E-state index is 0. The second kappa shape index (κ2) is 5.58. The zero-order valence-corrected chi connectivity index (χ0v) is 10.3. The first-order chi connectivity index (χ1) is 7.93. The van der Waals surface area contributed by atoms with Crippen molar-refractivity contribution < 1.29 is 14.2 Å². The molecule has 2 aliphatic heterocycles. The van der Waals surface area contributed by atoms with Crippen LogP contribution in [-0.2, 0) is 4.74 Å². The van der Waals surface area contributed by atoms with E-state index < -0.39 is 0 Å². The zero-order valence-electron chi connectivity index (χ0n) is 9.48. The van der Waals surface area contributed by atoms with E-state index >= 15 is 0 Å². The van der Waals surface area contributed by atoms with Crippen LogP contribution in [0.4, 0.5) is 0 Å². The summed E-state index contributed by atoms with van der Waals surface area (Å²) in [6.45, 7) is 3.68. The van der Waals surface area contributed by atoms with Crippen molar-refractivity contribution in [3.8, 4) is 11.5 Å². The highest BCUT2D eigenvalue weighted by molar-refractivity contribution is 5.85. The smallest absolute Gasteiger partial charge is 0.161 e. The molecule has 4 nitrogen and oxygen atoms in total. The van der Waals surface area contributed by atoms with Crippen LogP contribution in [0, 0.1) is 0 Å². The number of fused-ring (bicyclic) bond motifs is 1. The van der Waals surface area contributed by atoms with Gasteiger partial charge in [0.05, 0.1) is 19.3 Å². The molecule has 0 unspecified atom stereocenters. The lowest BCUT2D eigenvalue weighted by Crippen LogP contribution is -2.34. The fourth-order valence-electron chi connectivity index (χ4n) is 2.06. The Labute approximate surface area is 107 Å². The minimum Gasteiger partial charge on any atom is -0.486 e. The van der Waals surface area contributed by atoms with E-state index in [1.54, 1.807) is 0 Å². The lowest BCUT2D eigenvalue weighted by atomic mass is 10.1. The van der Waals surface area contributed by atoms with E-state index in [2.05, 4.69) is 11.4 Å². The Morgan fingerprint density at radius 1 is 1.06 bits per heavy atom. The molecule has 0 aromatic heterocycles. The van der Waals surface area contributed by atoms with Crippen LogP contribution in [0.1, 0.15) is 11.6 Å². The van der Waals surface area contributed by atoms with Gasteiger partial charge in [0.15, 0.2) is 11.5 Å². The summed E-state index contributed by atoms with van der Waals surface area (Å²) in [7, 11) is 0. The molecule has 0 aliphatic carbocycles. The number of hydrogen-bond acceptors (Lipinski definition) is 4. The maximum Gasteiger partial charge on any atom is 0.161 e. The van der Waals surface area contributed by atoms with Crippen LogP contribution < -0.4 is 14.8 Å². The molecule has 94 valence electrons. The average Bonchev–Trinajstić information content (AvgIpc) is 2.39. The third-order valence-corrected chi connectivity index (χ3v) is 2.89. The molecule has 3 rings (SSSR count). The molecule has 0 bridgehead atoms. The molecule has 1 fully saturated rings. The maximum atomic E-state index is 5.56. The van der Waals surface area contributed by atoms with E-state index in [1.165, 1.54) is 5.56 Å². The summed E-state index contributed by atoms with van der Waals surface area (Å²) < 4.78 is 16.5. The van der Waals surface area contributed by atoms with Crippen molar-refractivity contribution >= 4 is 12.4 Å². The fourth-order valence-corrected chi connectivity index (χ4v) is 2.06. The van der Waals surface area contributed by atoms with Gasteiger partial charge in [0.25, 0.3) is 0 Å². The van der Waals surface area contributed by atoms with Crippen LogP contribution in [-0.4, -0.2) is 33.0 Å². The van der Waals surface area contributed by atoms with Crippen LogP contribution in [0.5, 0.6) is 11.5 Å². The zero-order chi connectivity index (χ0) is 10.8. The van der Waals surface area contributed by atoms with Crippen molar-refractivity contribution in [2.45, 2.75) is 6.04 Å². The quantitative estimate of drug-likeness (QED) is 0.829. The van der Waals surface area contributed by atoms with Gasteiger partial charge in [-0.3, -0.25) is 0 Å². The first kappa shape index (κ1) is 12.5. The largest absolute Gasteiger partial charge is 0.486 e. The molecule has 1 aromatic rings. The molecule has 0 saturated carbocycles. The van der Waals surface area contributed by atoms with Crippen molar-refractivity contribution in [2.24, 2.45) is 0 Å². The van der Waals surface area contributed by atoms with Gasteiger partial charge >= 0.3 is 0 Å². The summed E-state index contributed by atoms with van der Waals surface area (Å²) >= 11 is 0. The Kier molecular flexibility index (Phi) is 4.10. The molecule has 2 heterocycles. The van der Waals surface area contributed by atoms with Crippen LogP contribution in [0.25, 0.3) is 0 Å². The molecular formula is C12H16ClNO3. The third kappa shape index (κ3) is 2.65. The highest BCUT2D eigenvalue weighted by Crippen LogP contribution is 2.32. The second-order valence-corrected chi connectivity index (χ2v) is 3.98. The number of benzene rings is 1. The number of morpholine rings is 1. The van der Waals surface area contributed by atoms with Crippen LogP contribution in [0.2, 0.25) is 0 Å². The van der Waals surface area contributed by atoms with Gasteiger partial charge in [0, 0.05) is 6.54 Å². The maximum absolute atomic E-state index is 5.56. The Morgan fingerprint density at radius 2 is 1.88 bits per heavy atom. The predicted molar refractivity (Wildman–Crippen MR) is 66.2 cm³/mol. The van der Waals surface area contributed by atoms with E-state index in [9.17, 15) is 0 Å². The minimum absolute atomic E-state index is 0. The Balaban J connectivity index is 0.00000108. The van der Waals surface area contributed by atoms with Gasteiger partial charge < -0.3 is 19.5 Å². The Morgan fingerprint density at radius 3 is 2.65 bits per heavy atom. The molecule has 0 spiro atoms. The standard InChI is InChI=1S/C12H15NO3.ClH/c1-2-11-12(16-6-5-15-11)7-9(1)10-8-14-4-3-13-10;/h1-2,7,10,13H,3-6,8H2;1H/t10-;/m0./s1. The molecule has 2 aliphatic rings. The van der Waals surface area contributed by atoms with Crippen molar-refractivity contribution in [1.82, 2.24) is 5.32 Å². The average molecular weight is 258 g/mol. The van der Waals surface area contributed by atoms with Crippen LogP contribution in [0.3, 0.4) is 0 Å². The highest BCUT2D eigenvalue weighted by Gasteiger charge is 2.18. The Hall–Kier alpha value is -0.970. The normalized spacial score (nSPS) is 22.7. The van der Waals surface area contributed by atoms with Gasteiger partial charge in [0.2, 0.25) is 0 Å². The summed E-state index contributed by atoms with van der Waals surface area (Å²) in [5.41, 5.74) is 1.20. The SMILES string of the molecule is Cl.c1cc2c(cc1[C@@H]1COCCN1)OCCO2.